The van der Waals surface area contributed by atoms with Crippen molar-refractivity contribution in [1.82, 2.24) is 14.8 Å². The predicted molar refractivity (Wildman–Crippen MR) is 127 cm³/mol. The van der Waals surface area contributed by atoms with Crippen LogP contribution >= 0.6 is 11.6 Å². The molecular formula is C25H20ClF3N4O2. The molecule has 0 unspecified atom stereocenters. The first kappa shape index (κ1) is 24.3. The van der Waals surface area contributed by atoms with E-state index in [1.165, 1.54) is 16.8 Å². The van der Waals surface area contributed by atoms with E-state index in [1.807, 2.05) is 13.8 Å². The minimum atomic E-state index is -4.44. The van der Waals surface area contributed by atoms with Crippen LogP contribution in [-0.4, -0.2) is 26.8 Å². The number of nitrogens with zero attached hydrogens (tertiary/aromatic N) is 3. The smallest absolute Gasteiger partial charge is 0.416 e. The lowest BCUT2D eigenvalue weighted by molar-refractivity contribution is -0.137. The molecule has 35 heavy (non-hydrogen) atoms. The summed E-state index contributed by atoms with van der Waals surface area (Å²) >= 11 is 5.95. The van der Waals surface area contributed by atoms with E-state index < -0.39 is 11.7 Å². The molecule has 180 valence electrons. The summed E-state index contributed by atoms with van der Waals surface area (Å²) in [6, 6.07) is 18.1. The fourth-order valence-electron chi connectivity index (χ4n) is 3.25. The Hall–Kier alpha value is -3.85. The SMILES string of the molecule is CC(C)Oc1nc(-c2ccc(C(F)(F)F)cc2)n(-c2ccc(NC(=O)c3cccc(Cl)c3)cc2)n1. The summed E-state index contributed by atoms with van der Waals surface area (Å²) in [4.78, 5) is 16.8. The normalized spacial score (nSPS) is 11.5. The maximum atomic E-state index is 13.0. The van der Waals surface area contributed by atoms with Crippen LogP contribution in [0.25, 0.3) is 17.1 Å². The van der Waals surface area contributed by atoms with E-state index in [2.05, 4.69) is 15.4 Å². The van der Waals surface area contributed by atoms with E-state index in [0.717, 1.165) is 12.1 Å². The first-order chi connectivity index (χ1) is 16.6. The number of rotatable bonds is 6. The molecule has 1 heterocycles. The van der Waals surface area contributed by atoms with Gasteiger partial charge in [-0.2, -0.15) is 18.2 Å². The highest BCUT2D eigenvalue weighted by Gasteiger charge is 2.30. The molecular weight excluding hydrogens is 481 g/mol. The number of benzene rings is 3. The Morgan fingerprint density at radius 1 is 1.03 bits per heavy atom. The van der Waals surface area contributed by atoms with E-state index in [1.54, 1.807) is 48.5 Å². The summed E-state index contributed by atoms with van der Waals surface area (Å²) in [5.74, 6) is -0.0100. The Morgan fingerprint density at radius 3 is 2.31 bits per heavy atom. The van der Waals surface area contributed by atoms with Crippen LogP contribution in [0.3, 0.4) is 0 Å². The van der Waals surface area contributed by atoms with Gasteiger partial charge in [0.25, 0.3) is 5.91 Å². The van der Waals surface area contributed by atoms with Crippen LogP contribution in [0, 0.1) is 0 Å². The van der Waals surface area contributed by atoms with E-state index in [4.69, 9.17) is 16.3 Å². The maximum Gasteiger partial charge on any atom is 0.416 e. The van der Waals surface area contributed by atoms with Crippen molar-refractivity contribution in [3.05, 3.63) is 88.9 Å². The Labute approximate surface area is 204 Å². The number of hydrogen-bond acceptors (Lipinski definition) is 4. The zero-order chi connectivity index (χ0) is 25.2. The fourth-order valence-corrected chi connectivity index (χ4v) is 3.44. The number of hydrogen-bond donors (Lipinski definition) is 1. The quantitative estimate of drug-likeness (QED) is 0.322. The first-order valence-electron chi connectivity index (χ1n) is 10.6. The van der Waals surface area contributed by atoms with Crippen molar-refractivity contribution in [2.45, 2.75) is 26.1 Å². The zero-order valence-electron chi connectivity index (χ0n) is 18.7. The standard InChI is InChI=1S/C25H20ClF3N4O2/c1-15(2)35-24-31-22(16-6-8-18(9-7-16)25(27,28)29)33(32-24)21-12-10-20(11-13-21)30-23(34)17-4-3-5-19(26)14-17/h3-15H,1-2H3,(H,30,34). The highest BCUT2D eigenvalue weighted by molar-refractivity contribution is 6.31. The molecule has 1 aromatic heterocycles. The van der Waals surface area contributed by atoms with Crippen molar-refractivity contribution < 1.29 is 22.7 Å². The van der Waals surface area contributed by atoms with Gasteiger partial charge in [0.05, 0.1) is 17.4 Å². The van der Waals surface area contributed by atoms with Gasteiger partial charge in [0.15, 0.2) is 5.82 Å². The molecule has 0 aliphatic heterocycles. The van der Waals surface area contributed by atoms with E-state index >= 15 is 0 Å². The summed E-state index contributed by atoms with van der Waals surface area (Å²) < 4.78 is 46.0. The Kier molecular flexibility index (Phi) is 6.79. The van der Waals surface area contributed by atoms with E-state index in [0.29, 0.717) is 33.3 Å². The monoisotopic (exact) mass is 500 g/mol. The highest BCUT2D eigenvalue weighted by Crippen LogP contribution is 2.32. The Bertz CT molecular complexity index is 1330. The third kappa shape index (κ3) is 5.81. The van der Waals surface area contributed by atoms with Crippen molar-refractivity contribution in [3.63, 3.8) is 0 Å². The van der Waals surface area contributed by atoms with Crippen LogP contribution in [0.15, 0.2) is 72.8 Å². The van der Waals surface area contributed by atoms with Crippen molar-refractivity contribution in [1.29, 1.82) is 0 Å². The molecule has 0 spiro atoms. The molecule has 3 aromatic carbocycles. The lowest BCUT2D eigenvalue weighted by atomic mass is 10.1. The summed E-state index contributed by atoms with van der Waals surface area (Å²) in [6.07, 6.45) is -4.64. The van der Waals surface area contributed by atoms with Gasteiger partial charge >= 0.3 is 12.2 Å². The number of ether oxygens (including phenoxy) is 1. The molecule has 1 amide bonds. The number of anilines is 1. The second kappa shape index (κ2) is 9.79. The van der Waals surface area contributed by atoms with Crippen molar-refractivity contribution >= 4 is 23.2 Å². The second-order valence-corrected chi connectivity index (χ2v) is 8.32. The second-order valence-electron chi connectivity index (χ2n) is 7.88. The Balaban J connectivity index is 1.63. The number of carbonyl (C=O) groups is 1. The molecule has 0 saturated carbocycles. The van der Waals surface area contributed by atoms with Crippen LogP contribution in [0.4, 0.5) is 18.9 Å². The van der Waals surface area contributed by atoms with Gasteiger partial charge in [-0.15, -0.1) is 5.10 Å². The molecule has 0 fully saturated rings. The van der Waals surface area contributed by atoms with E-state index in [-0.39, 0.29) is 18.0 Å². The number of alkyl halides is 3. The molecule has 0 atom stereocenters. The molecule has 4 aromatic rings. The van der Waals surface area contributed by atoms with Gasteiger partial charge < -0.3 is 10.1 Å². The maximum absolute atomic E-state index is 13.0. The first-order valence-corrected chi connectivity index (χ1v) is 11.0. The van der Waals surface area contributed by atoms with Crippen LogP contribution in [0.2, 0.25) is 5.02 Å². The average molecular weight is 501 g/mol. The van der Waals surface area contributed by atoms with Gasteiger partial charge in [0.1, 0.15) is 0 Å². The van der Waals surface area contributed by atoms with Gasteiger partial charge in [0.2, 0.25) is 0 Å². The molecule has 10 heteroatoms. The number of amides is 1. The van der Waals surface area contributed by atoms with Crippen LogP contribution in [0.5, 0.6) is 6.01 Å². The number of carbonyl (C=O) groups excluding carboxylic acids is 1. The largest absolute Gasteiger partial charge is 0.460 e. The minimum absolute atomic E-state index is 0.0910. The zero-order valence-corrected chi connectivity index (χ0v) is 19.4. The third-order valence-electron chi connectivity index (χ3n) is 4.86. The minimum Gasteiger partial charge on any atom is -0.460 e. The molecule has 1 N–H and O–H groups in total. The number of nitrogens with one attached hydrogen (secondary N) is 1. The fraction of sp³-hybridized carbons (Fsp3) is 0.160. The molecule has 0 radical (unpaired) electrons. The number of halogens is 4. The molecule has 0 bridgehead atoms. The third-order valence-corrected chi connectivity index (χ3v) is 5.09. The summed E-state index contributed by atoms with van der Waals surface area (Å²) in [5, 5.41) is 7.62. The van der Waals surface area contributed by atoms with Crippen LogP contribution in [-0.2, 0) is 6.18 Å². The van der Waals surface area contributed by atoms with Crippen LogP contribution < -0.4 is 10.1 Å². The van der Waals surface area contributed by atoms with Gasteiger partial charge in [0, 0.05) is 21.8 Å². The lowest BCUT2D eigenvalue weighted by Gasteiger charge is -2.10. The molecule has 0 saturated heterocycles. The number of aromatic nitrogens is 3. The van der Waals surface area contributed by atoms with Crippen molar-refractivity contribution in [3.8, 4) is 23.1 Å². The van der Waals surface area contributed by atoms with Crippen LogP contribution in [0.1, 0.15) is 29.8 Å². The van der Waals surface area contributed by atoms with Crippen molar-refractivity contribution in [2.75, 3.05) is 5.32 Å². The van der Waals surface area contributed by atoms with Crippen molar-refractivity contribution in [2.24, 2.45) is 0 Å². The molecule has 0 aliphatic carbocycles. The molecule has 0 aliphatic rings. The summed E-state index contributed by atoms with van der Waals surface area (Å²) in [6.45, 7) is 3.63. The van der Waals surface area contributed by atoms with Gasteiger partial charge in [-0.1, -0.05) is 29.8 Å². The molecule has 6 nitrogen and oxygen atoms in total. The lowest BCUT2D eigenvalue weighted by Crippen LogP contribution is -2.11. The summed E-state index contributed by atoms with van der Waals surface area (Å²) in [7, 11) is 0. The van der Waals surface area contributed by atoms with Gasteiger partial charge in [-0.25, -0.2) is 4.68 Å². The molecule has 4 rings (SSSR count). The summed E-state index contributed by atoms with van der Waals surface area (Å²) in [5.41, 5.74) is 1.20. The topological polar surface area (TPSA) is 69.0 Å². The van der Waals surface area contributed by atoms with Gasteiger partial charge in [-0.3, -0.25) is 4.79 Å². The highest BCUT2D eigenvalue weighted by atomic mass is 35.5. The average Bonchev–Trinajstić information content (AvgIpc) is 3.22. The Morgan fingerprint density at radius 2 is 1.71 bits per heavy atom. The van der Waals surface area contributed by atoms with E-state index in [9.17, 15) is 18.0 Å². The predicted octanol–water partition coefficient (Wildman–Crippen LogP) is 6.65. The van der Waals surface area contributed by atoms with Gasteiger partial charge in [-0.05, 0) is 68.4 Å².